The summed E-state index contributed by atoms with van der Waals surface area (Å²) in [6.07, 6.45) is 0.963. The van der Waals surface area contributed by atoms with Gasteiger partial charge in [0.25, 0.3) is 0 Å². The highest BCUT2D eigenvalue weighted by Gasteiger charge is 2.13. The van der Waals surface area contributed by atoms with E-state index in [1.165, 1.54) is 22.3 Å². The average Bonchev–Trinajstić information content (AvgIpc) is 2.41. The fourth-order valence-corrected chi connectivity index (χ4v) is 2.28. The molecule has 1 aromatic carbocycles. The van der Waals surface area contributed by atoms with Gasteiger partial charge in [-0.1, -0.05) is 0 Å². The Balaban J connectivity index is 2.91. The predicted octanol–water partition coefficient (Wildman–Crippen LogP) is 3.01. The predicted molar refractivity (Wildman–Crippen MR) is 78.6 cm³/mol. The molecule has 1 rings (SSSR count). The molecule has 0 saturated heterocycles. The second-order valence-electron chi connectivity index (χ2n) is 5.16. The van der Waals surface area contributed by atoms with Crippen LogP contribution in [0.3, 0.4) is 0 Å². The van der Waals surface area contributed by atoms with E-state index in [1.54, 1.807) is 7.11 Å². The van der Waals surface area contributed by atoms with E-state index < -0.39 is 0 Å². The van der Waals surface area contributed by atoms with Crippen molar-refractivity contribution < 1.29 is 4.74 Å². The first-order valence-electron chi connectivity index (χ1n) is 6.65. The highest BCUT2D eigenvalue weighted by atomic mass is 16.5. The van der Waals surface area contributed by atoms with Gasteiger partial charge in [-0.3, -0.25) is 4.90 Å². The summed E-state index contributed by atoms with van der Waals surface area (Å²) in [6.45, 7) is 9.19. The lowest BCUT2D eigenvalue weighted by Gasteiger charge is -2.21. The largest absolute Gasteiger partial charge is 0.496 e. The molecule has 1 atom stereocenters. The molecule has 3 nitrogen and oxygen atoms in total. The van der Waals surface area contributed by atoms with Gasteiger partial charge in [-0.25, -0.2) is 0 Å². The Morgan fingerprint density at radius 3 is 2.47 bits per heavy atom. The second-order valence-corrected chi connectivity index (χ2v) is 5.16. The Hall–Kier alpha value is -1.53. The van der Waals surface area contributed by atoms with Crippen molar-refractivity contribution in [2.45, 2.75) is 40.2 Å². The minimum Gasteiger partial charge on any atom is -0.496 e. The van der Waals surface area contributed by atoms with Crippen molar-refractivity contribution in [1.29, 1.82) is 5.26 Å². The minimum atomic E-state index is -0.0417. The number of aryl methyl sites for hydroxylation is 1. The first-order chi connectivity index (χ1) is 8.92. The standard InChI is InChI=1S/C16H24N2O/c1-11-9-16(19-6)14(4)13(3)15(11)7-8-18(5)12(2)10-17/h9,12H,7-8H2,1-6H3. The molecule has 0 fully saturated rings. The van der Waals surface area contributed by atoms with Crippen molar-refractivity contribution in [3.63, 3.8) is 0 Å². The summed E-state index contributed by atoms with van der Waals surface area (Å²) < 4.78 is 5.39. The lowest BCUT2D eigenvalue weighted by molar-refractivity contribution is 0.306. The van der Waals surface area contributed by atoms with E-state index in [2.05, 4.69) is 37.8 Å². The first-order valence-corrected chi connectivity index (χ1v) is 6.65. The number of likely N-dealkylation sites (N-methyl/N-ethyl adjacent to an activating group) is 1. The molecule has 1 aromatic rings. The van der Waals surface area contributed by atoms with Crippen LogP contribution in [0.2, 0.25) is 0 Å². The van der Waals surface area contributed by atoms with Crippen LogP contribution in [0.25, 0.3) is 0 Å². The molecule has 104 valence electrons. The smallest absolute Gasteiger partial charge is 0.122 e. The lowest BCUT2D eigenvalue weighted by atomic mass is 9.95. The van der Waals surface area contributed by atoms with Crippen molar-refractivity contribution in [2.24, 2.45) is 0 Å². The Kier molecular flexibility index (Phi) is 5.38. The minimum absolute atomic E-state index is 0.0417. The summed E-state index contributed by atoms with van der Waals surface area (Å²) in [5, 5.41) is 8.92. The van der Waals surface area contributed by atoms with E-state index in [-0.39, 0.29) is 6.04 Å². The van der Waals surface area contributed by atoms with Crippen LogP contribution in [-0.2, 0) is 6.42 Å². The molecule has 0 aromatic heterocycles. The quantitative estimate of drug-likeness (QED) is 0.816. The topological polar surface area (TPSA) is 36.3 Å². The van der Waals surface area contributed by atoms with Crippen LogP contribution in [0.15, 0.2) is 6.07 Å². The summed E-state index contributed by atoms with van der Waals surface area (Å²) in [5.41, 5.74) is 5.14. The van der Waals surface area contributed by atoms with Gasteiger partial charge < -0.3 is 4.74 Å². The number of nitriles is 1. The van der Waals surface area contributed by atoms with Crippen molar-refractivity contribution in [2.75, 3.05) is 20.7 Å². The van der Waals surface area contributed by atoms with Gasteiger partial charge in [-0.2, -0.15) is 5.26 Å². The molecule has 0 spiro atoms. The normalized spacial score (nSPS) is 12.3. The van der Waals surface area contributed by atoms with Gasteiger partial charge in [-0.05, 0) is 69.5 Å². The van der Waals surface area contributed by atoms with Crippen molar-refractivity contribution in [3.05, 3.63) is 28.3 Å². The van der Waals surface area contributed by atoms with E-state index in [4.69, 9.17) is 10.00 Å². The molecule has 0 aliphatic carbocycles. The Labute approximate surface area is 116 Å². The number of benzene rings is 1. The number of hydrogen-bond acceptors (Lipinski definition) is 3. The van der Waals surface area contributed by atoms with Crippen molar-refractivity contribution >= 4 is 0 Å². The molecule has 0 radical (unpaired) electrons. The van der Waals surface area contributed by atoms with Crippen LogP contribution in [0, 0.1) is 32.1 Å². The van der Waals surface area contributed by atoms with Crippen LogP contribution >= 0.6 is 0 Å². The third-order valence-corrected chi connectivity index (χ3v) is 3.99. The van der Waals surface area contributed by atoms with Crippen molar-refractivity contribution in [3.8, 4) is 11.8 Å². The zero-order chi connectivity index (χ0) is 14.6. The number of hydrogen-bond donors (Lipinski definition) is 0. The van der Waals surface area contributed by atoms with Gasteiger partial charge in [0.1, 0.15) is 5.75 Å². The fourth-order valence-electron chi connectivity index (χ4n) is 2.28. The van der Waals surface area contributed by atoms with E-state index in [9.17, 15) is 0 Å². The molecule has 0 bridgehead atoms. The van der Waals surface area contributed by atoms with E-state index >= 15 is 0 Å². The molecule has 19 heavy (non-hydrogen) atoms. The zero-order valence-corrected chi connectivity index (χ0v) is 12.9. The Bertz CT molecular complexity index is 489. The maximum Gasteiger partial charge on any atom is 0.122 e. The SMILES string of the molecule is COc1cc(C)c(CCN(C)C(C)C#N)c(C)c1C. The first kappa shape index (κ1) is 15.5. The molecule has 3 heteroatoms. The van der Waals surface area contributed by atoms with E-state index in [0.717, 1.165) is 18.7 Å². The van der Waals surface area contributed by atoms with Gasteiger partial charge in [-0.15, -0.1) is 0 Å². The fraction of sp³-hybridized carbons (Fsp3) is 0.562. The number of methoxy groups -OCH3 is 1. The van der Waals surface area contributed by atoms with E-state index in [0.29, 0.717) is 0 Å². The summed E-state index contributed by atoms with van der Waals surface area (Å²) >= 11 is 0. The molecule has 0 aliphatic rings. The molecule has 0 N–H and O–H groups in total. The van der Waals surface area contributed by atoms with Gasteiger partial charge >= 0.3 is 0 Å². The molecular weight excluding hydrogens is 236 g/mol. The second kappa shape index (κ2) is 6.58. The van der Waals surface area contributed by atoms with Crippen LogP contribution in [0.5, 0.6) is 5.75 Å². The number of rotatable bonds is 5. The summed E-state index contributed by atoms with van der Waals surface area (Å²) in [6, 6.07) is 4.33. The monoisotopic (exact) mass is 260 g/mol. The van der Waals surface area contributed by atoms with Gasteiger partial charge in [0.2, 0.25) is 0 Å². The maximum absolute atomic E-state index is 8.92. The van der Waals surface area contributed by atoms with E-state index in [1.807, 2.05) is 14.0 Å². The molecule has 0 amide bonds. The molecule has 0 heterocycles. The molecule has 0 saturated carbocycles. The molecular formula is C16H24N2O. The summed E-state index contributed by atoms with van der Waals surface area (Å²) in [7, 11) is 3.71. The van der Waals surface area contributed by atoms with Crippen molar-refractivity contribution in [1.82, 2.24) is 4.90 Å². The third kappa shape index (κ3) is 3.48. The van der Waals surface area contributed by atoms with Gasteiger partial charge in [0.15, 0.2) is 0 Å². The van der Waals surface area contributed by atoms with Gasteiger partial charge in [0, 0.05) is 6.54 Å². The maximum atomic E-state index is 8.92. The molecule has 1 unspecified atom stereocenters. The third-order valence-electron chi connectivity index (χ3n) is 3.99. The van der Waals surface area contributed by atoms with Crippen LogP contribution < -0.4 is 4.74 Å². The number of nitrogens with zero attached hydrogens (tertiary/aromatic N) is 2. The average molecular weight is 260 g/mol. The highest BCUT2D eigenvalue weighted by molar-refractivity contribution is 5.48. The number of ether oxygens (including phenoxy) is 1. The van der Waals surface area contributed by atoms with Crippen LogP contribution in [0.4, 0.5) is 0 Å². The summed E-state index contributed by atoms with van der Waals surface area (Å²) in [5.74, 6) is 0.956. The zero-order valence-electron chi connectivity index (χ0n) is 12.9. The highest BCUT2D eigenvalue weighted by Crippen LogP contribution is 2.27. The van der Waals surface area contributed by atoms with Crippen LogP contribution in [0.1, 0.15) is 29.2 Å². The van der Waals surface area contributed by atoms with Crippen LogP contribution in [-0.4, -0.2) is 31.6 Å². The molecule has 0 aliphatic heterocycles. The van der Waals surface area contributed by atoms with Gasteiger partial charge in [0.05, 0.1) is 19.2 Å². The Morgan fingerprint density at radius 2 is 1.95 bits per heavy atom. The Morgan fingerprint density at radius 1 is 1.32 bits per heavy atom. The lowest BCUT2D eigenvalue weighted by Crippen LogP contribution is -2.30. The summed E-state index contributed by atoms with van der Waals surface area (Å²) in [4.78, 5) is 2.08.